The summed E-state index contributed by atoms with van der Waals surface area (Å²) in [6.07, 6.45) is -14.9. The number of rotatable bonds is 8. The lowest BCUT2D eigenvalue weighted by Crippen LogP contribution is -2.46. The number of hydrogen-bond acceptors (Lipinski definition) is 10. The molecule has 18 heteroatoms. The lowest BCUT2D eigenvalue weighted by molar-refractivity contribution is -0.384. The molecule has 0 fully saturated rings. The van der Waals surface area contributed by atoms with E-state index in [1.165, 1.54) is 30.3 Å². The Hall–Kier alpha value is -4.22. The molecule has 0 aliphatic heterocycles. The first-order valence-electron chi connectivity index (χ1n) is 9.57. The second kappa shape index (κ2) is 10.8. The van der Waals surface area contributed by atoms with Crippen LogP contribution in [0.3, 0.4) is 0 Å². The molecule has 0 amide bonds. The third kappa shape index (κ3) is 7.63. The molecule has 1 aromatic heterocycles. The molecule has 3 aromatic rings. The Morgan fingerprint density at radius 2 is 1.65 bits per heavy atom. The fourth-order valence-corrected chi connectivity index (χ4v) is 2.90. The molecule has 2 aromatic carbocycles. The van der Waals surface area contributed by atoms with E-state index in [9.17, 15) is 41.6 Å². The molecule has 0 spiro atoms. The van der Waals surface area contributed by atoms with Crippen LogP contribution in [0.4, 0.5) is 49.6 Å². The quantitative estimate of drug-likeness (QED) is 0.136. The molecular formula is C19H12BrF6N7O4. The van der Waals surface area contributed by atoms with Crippen molar-refractivity contribution in [2.75, 3.05) is 10.7 Å². The Bertz CT molecular complexity index is 1290. The predicted octanol–water partition coefficient (Wildman–Crippen LogP) is 5.31. The summed E-state index contributed by atoms with van der Waals surface area (Å²) >= 11 is 3.18. The molecule has 3 rings (SSSR count). The summed E-state index contributed by atoms with van der Waals surface area (Å²) in [5, 5.41) is 26.8. The van der Waals surface area contributed by atoms with Gasteiger partial charge in [0, 0.05) is 27.9 Å². The number of phenols is 1. The van der Waals surface area contributed by atoms with Crippen molar-refractivity contribution in [2.45, 2.75) is 18.5 Å². The van der Waals surface area contributed by atoms with Gasteiger partial charge in [0.15, 0.2) is 0 Å². The number of nitrogens with zero attached hydrogens (tertiary/aromatic N) is 5. The summed E-state index contributed by atoms with van der Waals surface area (Å²) < 4.78 is 82.4. The molecule has 0 bridgehead atoms. The van der Waals surface area contributed by atoms with Gasteiger partial charge in [-0.25, -0.2) is 5.43 Å². The first kappa shape index (κ1) is 27.4. The van der Waals surface area contributed by atoms with Crippen molar-refractivity contribution in [1.82, 2.24) is 15.0 Å². The number of hydrogen-bond donors (Lipinski definition) is 3. The van der Waals surface area contributed by atoms with Crippen molar-refractivity contribution in [3.05, 3.63) is 62.6 Å². The maximum atomic E-state index is 13.0. The smallest absolute Gasteiger partial charge is 0.434 e. The van der Waals surface area contributed by atoms with Crippen LogP contribution in [0.15, 0.2) is 52.0 Å². The summed E-state index contributed by atoms with van der Waals surface area (Å²) in [5.74, 6) is -1.40. The minimum atomic E-state index is -5.85. The van der Waals surface area contributed by atoms with Crippen molar-refractivity contribution >= 4 is 45.4 Å². The van der Waals surface area contributed by atoms with Crippen molar-refractivity contribution in [3.63, 3.8) is 0 Å². The summed E-state index contributed by atoms with van der Waals surface area (Å²) in [6.45, 7) is 0. The first-order chi connectivity index (χ1) is 17.2. The standard InChI is InChI=1S/C19H12BrF6N7O4/c20-10-1-6-13(34)9(7-10)8-27-32-16-29-15(28-11-2-4-12(5-3-11)33(35)36)30-17(31-16)37-14(18(21,22)23)19(24,25)26/h1-8,14,34H,(H2,28,29,30,31,32). The molecule has 0 radical (unpaired) electrons. The highest BCUT2D eigenvalue weighted by molar-refractivity contribution is 9.10. The fraction of sp³-hybridized carbons (Fsp3) is 0.158. The molecule has 1 heterocycles. The number of benzene rings is 2. The van der Waals surface area contributed by atoms with Gasteiger partial charge < -0.3 is 15.2 Å². The van der Waals surface area contributed by atoms with Crippen LogP contribution in [0.1, 0.15) is 5.56 Å². The molecule has 3 N–H and O–H groups in total. The molecule has 0 unspecified atom stereocenters. The molecule has 0 saturated heterocycles. The number of phenolic OH excluding ortho intramolecular Hbond substituents is 1. The van der Waals surface area contributed by atoms with E-state index in [1.54, 1.807) is 0 Å². The Kier molecular flexibility index (Phi) is 7.99. The topological polar surface area (TPSA) is 148 Å². The molecule has 0 aliphatic rings. The van der Waals surface area contributed by atoms with E-state index in [2.05, 4.69) is 51.5 Å². The van der Waals surface area contributed by atoms with Crippen molar-refractivity contribution < 1.29 is 41.1 Å². The van der Waals surface area contributed by atoms with E-state index in [0.717, 1.165) is 18.3 Å². The number of non-ortho nitro benzene ring substituents is 1. The number of anilines is 3. The zero-order valence-corrected chi connectivity index (χ0v) is 19.3. The monoisotopic (exact) mass is 595 g/mol. The van der Waals surface area contributed by atoms with Gasteiger partial charge in [0.25, 0.3) is 17.7 Å². The predicted molar refractivity (Wildman–Crippen MR) is 120 cm³/mol. The average Bonchev–Trinajstić information content (AvgIpc) is 2.78. The van der Waals surface area contributed by atoms with E-state index in [4.69, 9.17) is 0 Å². The van der Waals surface area contributed by atoms with Gasteiger partial charge in [-0.15, -0.1) is 0 Å². The summed E-state index contributed by atoms with van der Waals surface area (Å²) in [7, 11) is 0. The van der Waals surface area contributed by atoms with E-state index in [1.807, 2.05) is 0 Å². The zero-order chi connectivity index (χ0) is 27.4. The van der Waals surface area contributed by atoms with Crippen LogP contribution in [0, 0.1) is 10.1 Å². The summed E-state index contributed by atoms with van der Waals surface area (Å²) in [4.78, 5) is 20.7. The number of ether oxygens (including phenoxy) is 1. The maximum Gasteiger partial charge on any atom is 0.434 e. The first-order valence-corrected chi connectivity index (χ1v) is 10.4. The van der Waals surface area contributed by atoms with E-state index in [0.29, 0.717) is 4.47 Å². The molecule has 11 nitrogen and oxygen atoms in total. The average molecular weight is 596 g/mol. The molecule has 0 saturated carbocycles. The molecule has 0 aliphatic carbocycles. The number of nitro benzene ring substituents is 1. The second-order valence-electron chi connectivity index (χ2n) is 6.85. The third-order valence-corrected chi connectivity index (χ3v) is 4.62. The Balaban J connectivity index is 1.93. The zero-order valence-electron chi connectivity index (χ0n) is 17.7. The lowest BCUT2D eigenvalue weighted by atomic mass is 10.2. The highest BCUT2D eigenvalue weighted by Crippen LogP contribution is 2.36. The van der Waals surface area contributed by atoms with Gasteiger partial charge in [0.2, 0.25) is 5.95 Å². The number of nitro groups is 1. The molecule has 37 heavy (non-hydrogen) atoms. The summed E-state index contributed by atoms with van der Waals surface area (Å²) in [5.41, 5.74) is 2.19. The van der Waals surface area contributed by atoms with Crippen LogP contribution in [-0.4, -0.2) is 49.7 Å². The minimum absolute atomic E-state index is 0.0967. The number of aromatic nitrogens is 3. The largest absolute Gasteiger partial charge is 0.507 e. The van der Waals surface area contributed by atoms with Crippen LogP contribution >= 0.6 is 15.9 Å². The van der Waals surface area contributed by atoms with Crippen molar-refractivity contribution in [1.29, 1.82) is 0 Å². The van der Waals surface area contributed by atoms with Crippen LogP contribution in [-0.2, 0) is 0 Å². The molecule has 196 valence electrons. The SMILES string of the molecule is O=[N+]([O-])c1ccc(Nc2nc(NN=Cc3cc(Br)ccc3O)nc(OC(C(F)(F)F)C(F)(F)F)n2)cc1. The normalized spacial score (nSPS) is 12.1. The van der Waals surface area contributed by atoms with Crippen molar-refractivity contribution in [3.8, 4) is 11.8 Å². The minimum Gasteiger partial charge on any atom is -0.507 e. The Morgan fingerprint density at radius 3 is 2.24 bits per heavy atom. The van der Waals surface area contributed by atoms with Gasteiger partial charge in [-0.2, -0.15) is 46.4 Å². The Labute approximate surface area is 210 Å². The van der Waals surface area contributed by atoms with Gasteiger partial charge in [0.1, 0.15) is 5.75 Å². The number of nitrogens with one attached hydrogen (secondary N) is 2. The number of alkyl halides is 6. The number of aromatic hydroxyl groups is 1. The molecule has 0 atom stereocenters. The van der Waals surface area contributed by atoms with E-state index >= 15 is 0 Å². The maximum absolute atomic E-state index is 13.0. The molecular weight excluding hydrogens is 584 g/mol. The highest BCUT2D eigenvalue weighted by atomic mass is 79.9. The second-order valence-corrected chi connectivity index (χ2v) is 7.76. The van der Waals surface area contributed by atoms with Crippen LogP contribution in [0.25, 0.3) is 0 Å². The van der Waals surface area contributed by atoms with Crippen LogP contribution < -0.4 is 15.5 Å². The van der Waals surface area contributed by atoms with Gasteiger partial charge in [0.05, 0.1) is 11.1 Å². The third-order valence-electron chi connectivity index (χ3n) is 4.12. The lowest BCUT2D eigenvalue weighted by Gasteiger charge is -2.22. The number of hydrazone groups is 1. The van der Waals surface area contributed by atoms with Gasteiger partial charge in [-0.1, -0.05) is 15.9 Å². The van der Waals surface area contributed by atoms with E-state index in [-0.39, 0.29) is 22.7 Å². The van der Waals surface area contributed by atoms with Gasteiger partial charge >= 0.3 is 18.4 Å². The van der Waals surface area contributed by atoms with Crippen LogP contribution in [0.2, 0.25) is 0 Å². The highest BCUT2D eigenvalue weighted by Gasteiger charge is 2.59. The van der Waals surface area contributed by atoms with Gasteiger partial charge in [-0.3, -0.25) is 10.1 Å². The van der Waals surface area contributed by atoms with Crippen LogP contribution in [0.5, 0.6) is 11.8 Å². The fourth-order valence-electron chi connectivity index (χ4n) is 2.52. The van der Waals surface area contributed by atoms with Crippen molar-refractivity contribution in [2.24, 2.45) is 5.10 Å². The van der Waals surface area contributed by atoms with E-state index < -0.39 is 41.3 Å². The Morgan fingerprint density at radius 1 is 1.03 bits per heavy atom. The number of halogens is 7. The van der Waals surface area contributed by atoms with Gasteiger partial charge in [-0.05, 0) is 30.3 Å². The summed E-state index contributed by atoms with van der Waals surface area (Å²) in [6, 6.07) is 7.51.